The van der Waals surface area contributed by atoms with Crippen molar-refractivity contribution in [2.45, 2.75) is 50.3 Å². The number of carbonyl (C=O) groups is 2. The second-order valence-corrected chi connectivity index (χ2v) is 10.1. The molecule has 2 saturated heterocycles. The number of rotatable bonds is 5. The van der Waals surface area contributed by atoms with Gasteiger partial charge in [-0.25, -0.2) is 8.42 Å². The molecule has 1 aromatic rings. The van der Waals surface area contributed by atoms with Crippen molar-refractivity contribution in [1.29, 1.82) is 0 Å². The maximum atomic E-state index is 13.2. The summed E-state index contributed by atoms with van der Waals surface area (Å²) in [5.41, 5.74) is 0.261. The monoisotopic (exact) mass is 456 g/mol. The van der Waals surface area contributed by atoms with Gasteiger partial charge in [-0.3, -0.25) is 9.59 Å². The van der Waals surface area contributed by atoms with E-state index in [1.54, 1.807) is 17.9 Å². The fourth-order valence-electron chi connectivity index (χ4n) is 4.05. The third-order valence-electron chi connectivity index (χ3n) is 5.69. The fourth-order valence-corrected chi connectivity index (χ4v) is 6.07. The Hall–Kier alpha value is -1.64. The van der Waals surface area contributed by atoms with Gasteiger partial charge in [0.05, 0.1) is 17.5 Å². The van der Waals surface area contributed by atoms with Gasteiger partial charge in [0.2, 0.25) is 10.0 Å². The Bertz CT molecular complexity index is 881. The van der Waals surface area contributed by atoms with E-state index in [1.165, 1.54) is 16.4 Å². The lowest BCUT2D eigenvalue weighted by Gasteiger charge is -2.31. The van der Waals surface area contributed by atoms with E-state index in [9.17, 15) is 18.0 Å². The normalized spacial score (nSPS) is 21.1. The number of halogens is 1. The summed E-state index contributed by atoms with van der Waals surface area (Å²) in [7, 11) is -3.78. The van der Waals surface area contributed by atoms with E-state index in [0.717, 1.165) is 25.7 Å². The average molecular weight is 457 g/mol. The highest BCUT2D eigenvalue weighted by molar-refractivity contribution is 7.89. The van der Waals surface area contributed by atoms with Gasteiger partial charge in [-0.05, 0) is 50.8 Å². The van der Waals surface area contributed by atoms with E-state index in [-0.39, 0.29) is 39.8 Å². The number of hydrogen-bond acceptors (Lipinski definition) is 5. The van der Waals surface area contributed by atoms with Crippen LogP contribution in [0.5, 0.6) is 0 Å². The molecule has 0 bridgehead atoms. The second-order valence-electron chi connectivity index (χ2n) is 7.81. The first kappa shape index (κ1) is 23.0. The highest BCUT2D eigenvalue weighted by atomic mass is 35.5. The van der Waals surface area contributed by atoms with Crippen LogP contribution in [0.15, 0.2) is 23.1 Å². The molecule has 7 nitrogen and oxygen atoms in total. The number of amides is 1. The topological polar surface area (TPSA) is 84.0 Å². The van der Waals surface area contributed by atoms with E-state index >= 15 is 0 Å². The number of nitrogens with zero attached hydrogens (tertiary/aromatic N) is 2. The van der Waals surface area contributed by atoms with Gasteiger partial charge in [0.25, 0.3) is 5.91 Å². The SMILES string of the molecule is CCOC(=O)C1CCCN(C(=O)c2ccc(Cl)c(S(=O)(=O)N3CCCCCC3)c2)C1. The first-order chi connectivity index (χ1) is 14.3. The van der Waals surface area contributed by atoms with Crippen LogP contribution in [0.4, 0.5) is 0 Å². The highest BCUT2D eigenvalue weighted by Gasteiger charge is 2.32. The molecule has 2 heterocycles. The quantitative estimate of drug-likeness (QED) is 0.634. The summed E-state index contributed by atoms with van der Waals surface area (Å²) < 4.78 is 32.9. The molecule has 2 aliphatic heterocycles. The molecular weight excluding hydrogens is 428 g/mol. The van der Waals surface area contributed by atoms with Gasteiger partial charge in [-0.15, -0.1) is 0 Å². The van der Waals surface area contributed by atoms with Gasteiger partial charge in [-0.2, -0.15) is 4.31 Å². The van der Waals surface area contributed by atoms with Crippen molar-refractivity contribution >= 4 is 33.5 Å². The van der Waals surface area contributed by atoms with Crippen LogP contribution in [-0.4, -0.2) is 62.3 Å². The van der Waals surface area contributed by atoms with E-state index < -0.39 is 10.0 Å². The number of carbonyl (C=O) groups excluding carboxylic acids is 2. The number of esters is 1. The standard InChI is InChI=1S/C21H29ClN2O5S/c1-2-29-21(26)17-8-7-11-23(15-17)20(25)16-9-10-18(22)19(14-16)30(27,28)24-12-5-3-4-6-13-24/h9-10,14,17H,2-8,11-13,15H2,1H3. The van der Waals surface area contributed by atoms with Crippen LogP contribution in [-0.2, 0) is 19.6 Å². The maximum Gasteiger partial charge on any atom is 0.310 e. The molecule has 1 amide bonds. The molecule has 0 saturated carbocycles. The molecule has 1 aromatic carbocycles. The molecule has 1 atom stereocenters. The third kappa shape index (κ3) is 5.15. The first-order valence-corrected chi connectivity index (χ1v) is 12.4. The highest BCUT2D eigenvalue weighted by Crippen LogP contribution is 2.29. The summed E-state index contributed by atoms with van der Waals surface area (Å²) in [6, 6.07) is 4.38. The van der Waals surface area contributed by atoms with Crippen LogP contribution in [0.25, 0.3) is 0 Å². The lowest BCUT2D eigenvalue weighted by atomic mass is 9.97. The minimum Gasteiger partial charge on any atom is -0.466 e. The largest absolute Gasteiger partial charge is 0.466 e. The van der Waals surface area contributed by atoms with Crippen molar-refractivity contribution < 1.29 is 22.7 Å². The Morgan fingerprint density at radius 1 is 1.10 bits per heavy atom. The number of ether oxygens (including phenoxy) is 1. The summed E-state index contributed by atoms with van der Waals surface area (Å²) >= 11 is 6.24. The predicted octanol–water partition coefficient (Wildman–Crippen LogP) is 3.32. The van der Waals surface area contributed by atoms with Gasteiger partial charge in [0.1, 0.15) is 4.90 Å². The number of sulfonamides is 1. The lowest BCUT2D eigenvalue weighted by Crippen LogP contribution is -2.43. The average Bonchev–Trinajstić information content (AvgIpc) is 3.04. The zero-order valence-corrected chi connectivity index (χ0v) is 18.9. The molecule has 0 radical (unpaired) electrons. The van der Waals surface area contributed by atoms with Gasteiger partial charge < -0.3 is 9.64 Å². The van der Waals surface area contributed by atoms with Crippen LogP contribution < -0.4 is 0 Å². The Morgan fingerprint density at radius 2 is 1.80 bits per heavy atom. The number of benzene rings is 1. The molecule has 3 rings (SSSR count). The molecule has 2 aliphatic rings. The van der Waals surface area contributed by atoms with Crippen molar-refractivity contribution in [1.82, 2.24) is 9.21 Å². The van der Waals surface area contributed by atoms with Gasteiger partial charge in [-0.1, -0.05) is 24.4 Å². The Labute approximate surface area is 183 Å². The Balaban J connectivity index is 1.82. The number of hydrogen-bond donors (Lipinski definition) is 0. The number of likely N-dealkylation sites (tertiary alicyclic amines) is 1. The Kier molecular flexibility index (Phi) is 7.76. The summed E-state index contributed by atoms with van der Waals surface area (Å²) in [6.07, 6.45) is 5.03. The molecule has 2 fully saturated rings. The van der Waals surface area contributed by atoms with Crippen molar-refractivity contribution in [2.24, 2.45) is 5.92 Å². The molecule has 9 heteroatoms. The van der Waals surface area contributed by atoms with Crippen molar-refractivity contribution in [3.05, 3.63) is 28.8 Å². The van der Waals surface area contributed by atoms with Crippen LogP contribution in [0.3, 0.4) is 0 Å². The number of piperidine rings is 1. The van der Waals surface area contributed by atoms with E-state index in [4.69, 9.17) is 16.3 Å². The Morgan fingerprint density at radius 3 is 2.47 bits per heavy atom. The molecule has 1 unspecified atom stereocenters. The molecular formula is C21H29ClN2O5S. The molecule has 0 aliphatic carbocycles. The maximum absolute atomic E-state index is 13.2. The minimum absolute atomic E-state index is 0.0316. The van der Waals surface area contributed by atoms with Gasteiger partial charge in [0.15, 0.2) is 0 Å². The van der Waals surface area contributed by atoms with Crippen LogP contribution in [0.1, 0.15) is 55.8 Å². The van der Waals surface area contributed by atoms with E-state index in [0.29, 0.717) is 39.1 Å². The van der Waals surface area contributed by atoms with Gasteiger partial charge in [0, 0.05) is 31.7 Å². The lowest BCUT2D eigenvalue weighted by molar-refractivity contribution is -0.149. The van der Waals surface area contributed by atoms with Crippen LogP contribution in [0.2, 0.25) is 5.02 Å². The zero-order chi connectivity index (χ0) is 21.7. The molecule has 166 valence electrons. The third-order valence-corrected chi connectivity index (χ3v) is 8.07. The predicted molar refractivity (Wildman–Crippen MR) is 114 cm³/mol. The molecule has 0 N–H and O–H groups in total. The summed E-state index contributed by atoms with van der Waals surface area (Å²) in [6.45, 7) is 3.77. The second kappa shape index (κ2) is 10.1. The molecule has 30 heavy (non-hydrogen) atoms. The van der Waals surface area contributed by atoms with Crippen LogP contribution in [0, 0.1) is 5.92 Å². The summed E-state index contributed by atoms with van der Waals surface area (Å²) in [4.78, 5) is 26.7. The fraction of sp³-hybridized carbons (Fsp3) is 0.619. The van der Waals surface area contributed by atoms with Crippen molar-refractivity contribution in [3.8, 4) is 0 Å². The smallest absolute Gasteiger partial charge is 0.310 e. The summed E-state index contributed by atoms with van der Waals surface area (Å²) in [5, 5.41) is 0.110. The zero-order valence-electron chi connectivity index (χ0n) is 17.3. The first-order valence-electron chi connectivity index (χ1n) is 10.6. The van der Waals surface area contributed by atoms with Crippen molar-refractivity contribution in [3.63, 3.8) is 0 Å². The van der Waals surface area contributed by atoms with Crippen LogP contribution >= 0.6 is 11.6 Å². The van der Waals surface area contributed by atoms with Gasteiger partial charge >= 0.3 is 5.97 Å². The molecule has 0 spiro atoms. The van der Waals surface area contributed by atoms with Crippen molar-refractivity contribution in [2.75, 3.05) is 32.8 Å². The minimum atomic E-state index is -3.78. The molecule has 0 aromatic heterocycles. The van der Waals surface area contributed by atoms with E-state index in [2.05, 4.69) is 0 Å². The van der Waals surface area contributed by atoms with E-state index in [1.807, 2.05) is 0 Å². The summed E-state index contributed by atoms with van der Waals surface area (Å²) in [5.74, 6) is -0.946.